The van der Waals surface area contributed by atoms with Gasteiger partial charge in [-0.3, -0.25) is 14.7 Å². The number of aromatic amines is 1. The summed E-state index contributed by atoms with van der Waals surface area (Å²) in [5.41, 5.74) is 3.91. The summed E-state index contributed by atoms with van der Waals surface area (Å²) >= 11 is 1.49. The van der Waals surface area contributed by atoms with Gasteiger partial charge in [0.05, 0.1) is 27.0 Å². The largest absolute Gasteiger partial charge is 0.396 e. The number of fused-ring (bicyclic) bond motifs is 1. The van der Waals surface area contributed by atoms with E-state index in [1.807, 2.05) is 13.8 Å². The van der Waals surface area contributed by atoms with Crippen LogP contribution < -0.4 is 5.56 Å². The Bertz CT molecular complexity index is 1140. The highest BCUT2D eigenvalue weighted by molar-refractivity contribution is 7.19. The van der Waals surface area contributed by atoms with E-state index in [1.165, 1.54) is 16.0 Å². The molecule has 0 aromatic carbocycles. The zero-order valence-electron chi connectivity index (χ0n) is 19.1. The average Bonchev–Trinajstić information content (AvgIpc) is 3.24. The quantitative estimate of drug-likeness (QED) is 0.555. The van der Waals surface area contributed by atoms with Gasteiger partial charge >= 0.3 is 0 Å². The van der Waals surface area contributed by atoms with Gasteiger partial charge in [0, 0.05) is 49.8 Å². The third-order valence-electron chi connectivity index (χ3n) is 5.45. The molecule has 0 spiro atoms. The first-order valence-electron chi connectivity index (χ1n) is 10.5. The molecule has 0 atom stereocenters. The van der Waals surface area contributed by atoms with Crippen LogP contribution in [0.3, 0.4) is 0 Å². The number of carbonyl (C=O) groups is 1. The minimum atomic E-state index is -0.260. The summed E-state index contributed by atoms with van der Waals surface area (Å²) in [5.74, 6) is 0.163. The number of aliphatic hydroxyl groups is 1. The van der Waals surface area contributed by atoms with Crippen LogP contribution in [0.15, 0.2) is 4.79 Å². The van der Waals surface area contributed by atoms with E-state index in [-0.39, 0.29) is 18.1 Å². The summed E-state index contributed by atoms with van der Waals surface area (Å²) in [5, 5.41) is 21.4. The average molecular weight is 446 g/mol. The van der Waals surface area contributed by atoms with Crippen LogP contribution in [0.1, 0.15) is 58.1 Å². The number of rotatable bonds is 8. The van der Waals surface area contributed by atoms with Crippen molar-refractivity contribution in [3.8, 4) is 0 Å². The Morgan fingerprint density at radius 3 is 2.61 bits per heavy atom. The second-order valence-corrected chi connectivity index (χ2v) is 9.58. The van der Waals surface area contributed by atoms with Gasteiger partial charge in [-0.25, -0.2) is 4.68 Å². The summed E-state index contributed by atoms with van der Waals surface area (Å²) in [6.07, 6.45) is 1.73. The third-order valence-corrected chi connectivity index (χ3v) is 6.69. The van der Waals surface area contributed by atoms with E-state index in [0.717, 1.165) is 38.6 Å². The Balaban J connectivity index is 2.26. The van der Waals surface area contributed by atoms with Gasteiger partial charge in [0.25, 0.3) is 11.5 Å². The molecule has 0 aliphatic heterocycles. The van der Waals surface area contributed by atoms with Crippen molar-refractivity contribution in [1.82, 2.24) is 24.9 Å². The second-order valence-electron chi connectivity index (χ2n) is 8.47. The highest BCUT2D eigenvalue weighted by Gasteiger charge is 2.27. The molecule has 168 valence electrons. The van der Waals surface area contributed by atoms with E-state index in [0.29, 0.717) is 36.3 Å². The molecular formula is C22H31N5O3S. The van der Waals surface area contributed by atoms with Crippen molar-refractivity contribution in [3.63, 3.8) is 0 Å². The summed E-state index contributed by atoms with van der Waals surface area (Å²) in [6, 6.07) is 0. The van der Waals surface area contributed by atoms with E-state index >= 15 is 0 Å². The monoisotopic (exact) mass is 445 g/mol. The molecule has 0 saturated heterocycles. The normalized spacial score (nSPS) is 11.6. The molecule has 3 rings (SSSR count). The molecule has 31 heavy (non-hydrogen) atoms. The maximum absolute atomic E-state index is 13.5. The highest BCUT2D eigenvalue weighted by Crippen LogP contribution is 2.35. The van der Waals surface area contributed by atoms with Gasteiger partial charge in [0.15, 0.2) is 0 Å². The smallest absolute Gasteiger partial charge is 0.276 e. The van der Waals surface area contributed by atoms with Crippen LogP contribution in [0.2, 0.25) is 0 Å². The number of carbonyl (C=O) groups excluding carboxylic acids is 1. The van der Waals surface area contributed by atoms with Crippen LogP contribution in [0.5, 0.6) is 0 Å². The molecule has 9 heteroatoms. The van der Waals surface area contributed by atoms with Crippen LogP contribution in [0.4, 0.5) is 0 Å². The number of nitrogens with one attached hydrogen (secondary N) is 1. The predicted octanol–water partition coefficient (Wildman–Crippen LogP) is 2.58. The Morgan fingerprint density at radius 2 is 2.03 bits per heavy atom. The molecule has 0 unspecified atom stereocenters. The lowest BCUT2D eigenvalue weighted by Crippen LogP contribution is -2.30. The third kappa shape index (κ3) is 4.57. The van der Waals surface area contributed by atoms with Crippen molar-refractivity contribution in [3.05, 3.63) is 43.4 Å². The van der Waals surface area contributed by atoms with Gasteiger partial charge in [-0.1, -0.05) is 13.8 Å². The van der Waals surface area contributed by atoms with E-state index < -0.39 is 0 Å². The van der Waals surface area contributed by atoms with E-state index in [4.69, 9.17) is 0 Å². The SMILES string of the molecule is Cc1n[nH]c(C)c1Cc1sc2c(CC(C)C)nn(C)c(=O)c2c1C(=O)N(C)CCCO. The number of thiophene rings is 1. The molecule has 3 aromatic heterocycles. The topological polar surface area (TPSA) is 104 Å². The first kappa shape index (κ1) is 23.1. The van der Waals surface area contributed by atoms with Gasteiger partial charge in [-0.05, 0) is 32.6 Å². The van der Waals surface area contributed by atoms with Crippen LogP contribution in [-0.4, -0.2) is 56.1 Å². The molecule has 8 nitrogen and oxygen atoms in total. The second kappa shape index (κ2) is 9.32. The predicted molar refractivity (Wildman–Crippen MR) is 123 cm³/mol. The summed E-state index contributed by atoms with van der Waals surface area (Å²) in [6.45, 7) is 8.54. The number of aromatic nitrogens is 4. The number of aliphatic hydroxyl groups excluding tert-OH is 1. The van der Waals surface area contributed by atoms with E-state index in [1.54, 1.807) is 19.0 Å². The Labute approximate surface area is 185 Å². The van der Waals surface area contributed by atoms with Gasteiger partial charge in [-0.2, -0.15) is 10.2 Å². The van der Waals surface area contributed by atoms with Gasteiger partial charge in [0.2, 0.25) is 0 Å². The molecule has 0 fully saturated rings. The van der Waals surface area contributed by atoms with Crippen molar-refractivity contribution in [1.29, 1.82) is 0 Å². The van der Waals surface area contributed by atoms with Crippen molar-refractivity contribution in [2.45, 2.75) is 47.0 Å². The number of amides is 1. The summed E-state index contributed by atoms with van der Waals surface area (Å²) in [4.78, 5) is 29.1. The zero-order chi connectivity index (χ0) is 22.9. The molecular weight excluding hydrogens is 414 g/mol. The summed E-state index contributed by atoms with van der Waals surface area (Å²) in [7, 11) is 3.34. The van der Waals surface area contributed by atoms with Crippen LogP contribution >= 0.6 is 11.3 Å². The Hall–Kier alpha value is -2.52. The fourth-order valence-electron chi connectivity index (χ4n) is 3.79. The Morgan fingerprint density at radius 1 is 1.32 bits per heavy atom. The zero-order valence-corrected chi connectivity index (χ0v) is 19.9. The van der Waals surface area contributed by atoms with Gasteiger partial charge in [0.1, 0.15) is 0 Å². The van der Waals surface area contributed by atoms with Gasteiger partial charge in [-0.15, -0.1) is 11.3 Å². The maximum Gasteiger partial charge on any atom is 0.276 e. The molecule has 3 aromatic rings. The maximum atomic E-state index is 13.5. The molecule has 0 aliphatic carbocycles. The molecule has 2 N–H and O–H groups in total. The molecule has 1 amide bonds. The number of hydrogen-bond donors (Lipinski definition) is 2. The molecule has 0 aliphatic rings. The standard InChI is InChI=1S/C22H31N5O3S/c1-12(2)10-16-20-19(22(30)27(6)25-16)18(21(29)26(5)8-7-9-28)17(31-20)11-15-13(3)23-24-14(15)4/h12,28H,7-11H2,1-6H3,(H,23,24). The Kier molecular flexibility index (Phi) is 6.96. The fraction of sp³-hybridized carbons (Fsp3) is 0.545. The van der Waals surface area contributed by atoms with Crippen molar-refractivity contribution >= 4 is 27.3 Å². The van der Waals surface area contributed by atoms with Crippen molar-refractivity contribution < 1.29 is 9.90 Å². The number of nitrogens with zero attached hydrogens (tertiary/aromatic N) is 4. The van der Waals surface area contributed by atoms with Crippen LogP contribution in [0, 0.1) is 19.8 Å². The number of H-pyrrole nitrogens is 1. The summed E-state index contributed by atoms with van der Waals surface area (Å²) < 4.78 is 2.14. The van der Waals surface area contributed by atoms with Gasteiger partial charge < -0.3 is 10.0 Å². The molecule has 0 radical (unpaired) electrons. The van der Waals surface area contributed by atoms with Crippen molar-refractivity contribution in [2.24, 2.45) is 13.0 Å². The molecule has 0 bridgehead atoms. The fourth-order valence-corrected chi connectivity index (χ4v) is 5.07. The first-order chi connectivity index (χ1) is 14.6. The highest BCUT2D eigenvalue weighted by atomic mass is 32.1. The minimum Gasteiger partial charge on any atom is -0.396 e. The van der Waals surface area contributed by atoms with Crippen LogP contribution in [0.25, 0.3) is 10.1 Å². The molecule has 3 heterocycles. The lowest BCUT2D eigenvalue weighted by molar-refractivity contribution is 0.0788. The van der Waals surface area contributed by atoms with Crippen LogP contribution in [-0.2, 0) is 19.9 Å². The number of aryl methyl sites for hydroxylation is 3. The van der Waals surface area contributed by atoms with Crippen molar-refractivity contribution in [2.75, 3.05) is 20.2 Å². The lowest BCUT2D eigenvalue weighted by Gasteiger charge is -2.17. The van der Waals surface area contributed by atoms with E-state index in [2.05, 4.69) is 29.1 Å². The van der Waals surface area contributed by atoms with E-state index in [9.17, 15) is 14.7 Å². The minimum absolute atomic E-state index is 0.00644. The lowest BCUT2D eigenvalue weighted by atomic mass is 10.0. The molecule has 0 saturated carbocycles. The number of hydrogen-bond acceptors (Lipinski definition) is 6. The first-order valence-corrected chi connectivity index (χ1v) is 11.4.